The smallest absolute Gasteiger partial charge is 0.243 e. The molecule has 0 saturated heterocycles. The Morgan fingerprint density at radius 2 is 1.86 bits per heavy atom. The Morgan fingerprint density at radius 3 is 2.54 bits per heavy atom. The van der Waals surface area contributed by atoms with Gasteiger partial charge in [-0.1, -0.05) is 47.5 Å². The van der Waals surface area contributed by atoms with Crippen molar-refractivity contribution in [2.24, 2.45) is 0 Å². The number of halogens is 1. The van der Waals surface area contributed by atoms with Crippen molar-refractivity contribution in [1.82, 2.24) is 9.29 Å². The molecule has 3 rings (SSSR count). The van der Waals surface area contributed by atoms with Gasteiger partial charge in [-0.2, -0.15) is 4.31 Å². The average Bonchev–Trinajstić information content (AvgIpc) is 3.10. The number of nitrogens with zero attached hydrogens (tertiary/aromatic N) is 2. The molecule has 1 amide bonds. The Bertz CT molecular complexity index is 1100. The molecule has 0 aliphatic rings. The van der Waals surface area contributed by atoms with Crippen LogP contribution >= 0.6 is 22.9 Å². The van der Waals surface area contributed by atoms with Gasteiger partial charge in [0.2, 0.25) is 15.9 Å². The molecule has 0 saturated carbocycles. The van der Waals surface area contributed by atoms with Gasteiger partial charge in [-0.25, -0.2) is 13.4 Å². The van der Waals surface area contributed by atoms with Gasteiger partial charge in [0.15, 0.2) is 5.13 Å². The number of aromatic nitrogens is 1. The van der Waals surface area contributed by atoms with Crippen LogP contribution < -0.4 is 5.32 Å². The molecule has 0 unspecified atom stereocenters. The molecule has 9 heteroatoms. The van der Waals surface area contributed by atoms with Gasteiger partial charge in [-0.3, -0.25) is 4.79 Å². The minimum Gasteiger partial charge on any atom is -0.301 e. The average molecular weight is 436 g/mol. The molecule has 0 aliphatic heterocycles. The highest BCUT2D eigenvalue weighted by Gasteiger charge is 2.23. The summed E-state index contributed by atoms with van der Waals surface area (Å²) in [6.07, 6.45) is 0. The minimum atomic E-state index is -3.75. The highest BCUT2D eigenvalue weighted by atomic mass is 35.5. The van der Waals surface area contributed by atoms with E-state index in [1.165, 1.54) is 30.5 Å². The summed E-state index contributed by atoms with van der Waals surface area (Å²) in [7, 11) is -2.38. The van der Waals surface area contributed by atoms with E-state index in [1.807, 2.05) is 25.1 Å². The van der Waals surface area contributed by atoms with Crippen LogP contribution in [0.5, 0.6) is 0 Å². The van der Waals surface area contributed by atoms with Crippen molar-refractivity contribution in [2.45, 2.75) is 11.8 Å². The maximum absolute atomic E-state index is 12.6. The molecule has 3 aromatic rings. The molecule has 1 heterocycles. The van der Waals surface area contributed by atoms with Gasteiger partial charge < -0.3 is 5.32 Å². The van der Waals surface area contributed by atoms with Crippen LogP contribution in [0, 0.1) is 6.92 Å². The van der Waals surface area contributed by atoms with Crippen LogP contribution in [-0.2, 0) is 14.8 Å². The first-order valence-electron chi connectivity index (χ1n) is 8.30. The van der Waals surface area contributed by atoms with E-state index in [9.17, 15) is 13.2 Å². The van der Waals surface area contributed by atoms with Crippen LogP contribution in [0.25, 0.3) is 11.3 Å². The topological polar surface area (TPSA) is 79.4 Å². The number of likely N-dealkylation sites (N-methyl/N-ethyl adjacent to an activating group) is 1. The van der Waals surface area contributed by atoms with Crippen LogP contribution in [-0.4, -0.2) is 37.2 Å². The quantitative estimate of drug-likeness (QED) is 0.633. The third-order valence-electron chi connectivity index (χ3n) is 4.00. The van der Waals surface area contributed by atoms with E-state index in [0.717, 1.165) is 15.4 Å². The molecule has 0 bridgehead atoms. The lowest BCUT2D eigenvalue weighted by atomic mass is 10.2. The number of carbonyl (C=O) groups excluding carboxylic acids is 1. The van der Waals surface area contributed by atoms with Crippen LogP contribution in [0.2, 0.25) is 5.02 Å². The number of rotatable bonds is 6. The van der Waals surface area contributed by atoms with Crippen LogP contribution in [0.1, 0.15) is 5.56 Å². The Morgan fingerprint density at radius 1 is 1.18 bits per heavy atom. The van der Waals surface area contributed by atoms with Crippen LogP contribution in [0.4, 0.5) is 5.13 Å². The normalized spacial score (nSPS) is 11.6. The third kappa shape index (κ3) is 4.59. The first-order chi connectivity index (χ1) is 13.3. The molecule has 146 valence electrons. The number of hydrogen-bond donors (Lipinski definition) is 1. The van der Waals surface area contributed by atoms with Crippen molar-refractivity contribution in [3.63, 3.8) is 0 Å². The van der Waals surface area contributed by atoms with Crippen molar-refractivity contribution in [3.8, 4) is 11.3 Å². The van der Waals surface area contributed by atoms with Crippen molar-refractivity contribution >= 4 is 44.0 Å². The maximum atomic E-state index is 12.6. The SMILES string of the molecule is Cc1ccc(S(=O)(=O)N(C)CC(=O)Nc2nc(-c3ccccc3Cl)cs2)cc1. The third-order valence-corrected chi connectivity index (χ3v) is 6.90. The number of sulfonamides is 1. The zero-order valence-electron chi connectivity index (χ0n) is 15.2. The molecule has 0 spiro atoms. The fraction of sp³-hybridized carbons (Fsp3) is 0.158. The molecule has 1 aromatic heterocycles. The molecule has 1 N–H and O–H groups in total. The summed E-state index contributed by atoms with van der Waals surface area (Å²) in [6, 6.07) is 13.8. The van der Waals surface area contributed by atoms with E-state index in [4.69, 9.17) is 11.6 Å². The number of nitrogens with one attached hydrogen (secondary N) is 1. The van der Waals surface area contributed by atoms with Crippen molar-refractivity contribution < 1.29 is 13.2 Å². The Hall–Kier alpha value is -2.26. The van der Waals surface area contributed by atoms with E-state index in [-0.39, 0.29) is 11.4 Å². The molecule has 0 fully saturated rings. The maximum Gasteiger partial charge on any atom is 0.243 e. The van der Waals surface area contributed by atoms with Gasteiger partial charge in [0.25, 0.3) is 0 Å². The monoisotopic (exact) mass is 435 g/mol. The fourth-order valence-electron chi connectivity index (χ4n) is 2.46. The summed E-state index contributed by atoms with van der Waals surface area (Å²) in [6.45, 7) is 1.55. The fourth-order valence-corrected chi connectivity index (χ4v) is 4.55. The van der Waals surface area contributed by atoms with Gasteiger partial charge in [-0.15, -0.1) is 11.3 Å². The van der Waals surface area contributed by atoms with Gasteiger partial charge in [-0.05, 0) is 25.1 Å². The molecule has 2 aromatic carbocycles. The first-order valence-corrected chi connectivity index (χ1v) is 11.0. The van der Waals surface area contributed by atoms with E-state index in [1.54, 1.807) is 23.6 Å². The zero-order chi connectivity index (χ0) is 20.3. The predicted molar refractivity (Wildman–Crippen MR) is 112 cm³/mol. The number of carbonyl (C=O) groups is 1. The van der Waals surface area contributed by atoms with Gasteiger partial charge in [0.05, 0.1) is 17.1 Å². The second-order valence-electron chi connectivity index (χ2n) is 6.14. The number of anilines is 1. The zero-order valence-corrected chi connectivity index (χ0v) is 17.6. The lowest BCUT2D eigenvalue weighted by molar-refractivity contribution is -0.116. The molecule has 0 radical (unpaired) electrons. The molecular formula is C19H18ClN3O3S2. The number of hydrogen-bond acceptors (Lipinski definition) is 5. The van der Waals surface area contributed by atoms with Gasteiger partial charge in [0.1, 0.15) is 0 Å². The van der Waals surface area contributed by atoms with Crippen molar-refractivity contribution in [3.05, 3.63) is 64.5 Å². The molecule has 28 heavy (non-hydrogen) atoms. The summed E-state index contributed by atoms with van der Waals surface area (Å²) in [5, 5.41) is 5.36. The summed E-state index contributed by atoms with van der Waals surface area (Å²) >= 11 is 7.41. The summed E-state index contributed by atoms with van der Waals surface area (Å²) in [5.41, 5.74) is 2.36. The first kappa shape index (κ1) is 20.5. The number of amides is 1. The van der Waals surface area contributed by atoms with Crippen LogP contribution in [0.3, 0.4) is 0 Å². The largest absolute Gasteiger partial charge is 0.301 e. The Kier molecular flexibility index (Phi) is 6.14. The van der Waals surface area contributed by atoms with Gasteiger partial charge in [0, 0.05) is 23.0 Å². The number of thiazole rings is 1. The highest BCUT2D eigenvalue weighted by Crippen LogP contribution is 2.30. The van der Waals surface area contributed by atoms with E-state index >= 15 is 0 Å². The summed E-state index contributed by atoms with van der Waals surface area (Å²) in [5.74, 6) is -0.474. The summed E-state index contributed by atoms with van der Waals surface area (Å²) in [4.78, 5) is 16.8. The van der Waals surface area contributed by atoms with E-state index in [0.29, 0.717) is 15.8 Å². The van der Waals surface area contributed by atoms with Crippen molar-refractivity contribution in [2.75, 3.05) is 18.9 Å². The molecule has 0 atom stereocenters. The lowest BCUT2D eigenvalue weighted by Crippen LogP contribution is -2.34. The minimum absolute atomic E-state index is 0.142. The predicted octanol–water partition coefficient (Wildman–Crippen LogP) is 4.03. The second kappa shape index (κ2) is 8.40. The number of benzene rings is 2. The van der Waals surface area contributed by atoms with Crippen molar-refractivity contribution in [1.29, 1.82) is 0 Å². The Balaban J connectivity index is 1.67. The summed E-state index contributed by atoms with van der Waals surface area (Å²) < 4.78 is 26.2. The van der Waals surface area contributed by atoms with Gasteiger partial charge >= 0.3 is 0 Å². The molecule has 0 aliphatic carbocycles. The number of aryl methyl sites for hydroxylation is 1. The lowest BCUT2D eigenvalue weighted by Gasteiger charge is -2.16. The second-order valence-corrected chi connectivity index (χ2v) is 9.45. The molecule has 6 nitrogen and oxygen atoms in total. The standard InChI is InChI=1S/C19H18ClN3O3S2/c1-13-7-9-14(10-8-13)28(25,26)23(2)11-18(24)22-19-21-17(12-27-19)15-5-3-4-6-16(15)20/h3-10,12H,11H2,1-2H3,(H,21,22,24). The molecular weight excluding hydrogens is 418 g/mol. The Labute approximate surface area is 172 Å². The van der Waals surface area contributed by atoms with E-state index < -0.39 is 15.9 Å². The highest BCUT2D eigenvalue weighted by molar-refractivity contribution is 7.89. The van der Waals surface area contributed by atoms with E-state index in [2.05, 4.69) is 10.3 Å². The van der Waals surface area contributed by atoms with Crippen LogP contribution in [0.15, 0.2) is 58.8 Å².